The Morgan fingerprint density at radius 2 is 2.27 bits per heavy atom. The van der Waals surface area contributed by atoms with Crippen molar-refractivity contribution in [2.75, 3.05) is 0 Å². The minimum atomic E-state index is 0.0273. The zero-order valence-electron chi connectivity index (χ0n) is 8.79. The van der Waals surface area contributed by atoms with Crippen LogP contribution in [0.25, 0.3) is 0 Å². The summed E-state index contributed by atoms with van der Waals surface area (Å²) in [5, 5.41) is 0.0273. The van der Waals surface area contributed by atoms with Crippen LogP contribution in [0.15, 0.2) is 18.2 Å². The van der Waals surface area contributed by atoms with Crippen LogP contribution < -0.4 is 4.74 Å². The number of rotatable bonds is 2. The van der Waals surface area contributed by atoms with Crippen molar-refractivity contribution < 1.29 is 9.53 Å². The summed E-state index contributed by atoms with van der Waals surface area (Å²) in [4.78, 5) is 11.5. The van der Waals surface area contributed by atoms with Crippen LogP contribution in [-0.4, -0.2) is 10.8 Å². The van der Waals surface area contributed by atoms with Crippen molar-refractivity contribution in [2.45, 2.75) is 31.2 Å². The third-order valence-corrected chi connectivity index (χ3v) is 3.76. The van der Waals surface area contributed by atoms with Gasteiger partial charge in [0, 0.05) is 23.5 Å². The Labute approximate surface area is 97.8 Å². The number of Topliss-reactive ketones (excluding diaryl/α,β-unsaturated/α-hetero) is 1. The van der Waals surface area contributed by atoms with E-state index < -0.39 is 0 Å². The number of carbonyl (C=O) groups excluding carboxylic acids is 1. The monoisotopic (exact) mass is 268 g/mol. The Balaban J connectivity index is 2.39. The van der Waals surface area contributed by atoms with E-state index in [1.54, 1.807) is 0 Å². The lowest BCUT2D eigenvalue weighted by atomic mass is 9.99. The van der Waals surface area contributed by atoms with E-state index in [0.717, 1.165) is 16.9 Å². The van der Waals surface area contributed by atoms with Crippen LogP contribution in [0.1, 0.15) is 42.1 Å². The van der Waals surface area contributed by atoms with Crippen molar-refractivity contribution in [3.63, 3.8) is 0 Å². The fourth-order valence-electron chi connectivity index (χ4n) is 1.75. The van der Waals surface area contributed by atoms with Gasteiger partial charge in [0.25, 0.3) is 0 Å². The summed E-state index contributed by atoms with van der Waals surface area (Å²) < 4.78 is 5.59. The van der Waals surface area contributed by atoms with Crippen LogP contribution >= 0.6 is 15.9 Å². The lowest BCUT2D eigenvalue weighted by molar-refractivity contribution is 0.0988. The van der Waals surface area contributed by atoms with Gasteiger partial charge in [0.15, 0.2) is 10.8 Å². The molecule has 0 spiro atoms. The molecule has 1 aliphatic heterocycles. The van der Waals surface area contributed by atoms with Gasteiger partial charge in [-0.3, -0.25) is 4.79 Å². The van der Waals surface area contributed by atoms with E-state index in [1.807, 2.05) is 25.1 Å². The van der Waals surface area contributed by atoms with Gasteiger partial charge in [-0.25, -0.2) is 0 Å². The molecule has 1 aromatic carbocycles. The second kappa shape index (κ2) is 3.97. The second-order valence-electron chi connectivity index (χ2n) is 3.79. The van der Waals surface area contributed by atoms with Crippen molar-refractivity contribution >= 4 is 21.7 Å². The zero-order chi connectivity index (χ0) is 11.0. The number of fused-ring (bicyclic) bond motifs is 1. The smallest absolute Gasteiger partial charge is 0.162 e. The first-order chi connectivity index (χ1) is 7.13. The number of hydrogen-bond acceptors (Lipinski definition) is 2. The molecule has 1 aliphatic rings. The summed E-state index contributed by atoms with van der Waals surface area (Å²) >= 11 is 3.46. The summed E-state index contributed by atoms with van der Waals surface area (Å²) in [5.74, 6) is 1.37. The number of halogens is 1. The number of alkyl halides is 1. The molecule has 2 atom stereocenters. The first kappa shape index (κ1) is 10.7. The van der Waals surface area contributed by atoms with Gasteiger partial charge in [-0.15, -0.1) is 0 Å². The molecule has 0 saturated heterocycles. The van der Waals surface area contributed by atoms with E-state index in [2.05, 4.69) is 22.9 Å². The maximum Gasteiger partial charge on any atom is 0.162 e. The van der Waals surface area contributed by atoms with Crippen molar-refractivity contribution in [3.8, 4) is 5.75 Å². The maximum absolute atomic E-state index is 11.5. The van der Waals surface area contributed by atoms with Crippen LogP contribution in [0.2, 0.25) is 0 Å². The lowest BCUT2D eigenvalue weighted by Crippen LogP contribution is -2.06. The average Bonchev–Trinajstić information content (AvgIpc) is 2.54. The van der Waals surface area contributed by atoms with E-state index in [4.69, 9.17) is 4.74 Å². The molecule has 3 heteroatoms. The molecule has 0 radical (unpaired) electrons. The normalized spacial score (nSPS) is 23.4. The Bertz CT molecular complexity index is 401. The van der Waals surface area contributed by atoms with E-state index >= 15 is 0 Å². The van der Waals surface area contributed by atoms with Gasteiger partial charge in [0.1, 0.15) is 5.75 Å². The quantitative estimate of drug-likeness (QED) is 0.606. The highest BCUT2D eigenvalue weighted by Gasteiger charge is 2.29. The minimum Gasteiger partial charge on any atom is -0.478 e. The lowest BCUT2D eigenvalue weighted by Gasteiger charge is -2.05. The molecule has 1 heterocycles. The van der Waals surface area contributed by atoms with Crippen molar-refractivity contribution in [1.82, 2.24) is 0 Å². The molecule has 80 valence electrons. The molecule has 0 amide bonds. The first-order valence-corrected chi connectivity index (χ1v) is 6.03. The molecule has 2 nitrogen and oxygen atoms in total. The van der Waals surface area contributed by atoms with Gasteiger partial charge in [-0.05, 0) is 34.1 Å². The summed E-state index contributed by atoms with van der Waals surface area (Å²) in [6, 6.07) is 5.67. The molecule has 0 bridgehead atoms. The highest BCUT2D eigenvalue weighted by atomic mass is 79.9. The molecule has 0 fully saturated rings. The number of hydrogen-bond donors (Lipinski definition) is 0. The Kier molecular flexibility index (Phi) is 2.83. The molecule has 15 heavy (non-hydrogen) atoms. The largest absolute Gasteiger partial charge is 0.478 e. The van der Waals surface area contributed by atoms with Gasteiger partial charge in [-0.2, -0.15) is 0 Å². The number of ether oxygens (including phenoxy) is 1. The molecular weight excluding hydrogens is 256 g/mol. The summed E-state index contributed by atoms with van der Waals surface area (Å²) in [5.41, 5.74) is 1.91. The number of carbonyl (C=O) groups is 1. The van der Waals surface area contributed by atoms with E-state index in [-0.39, 0.29) is 10.8 Å². The Morgan fingerprint density at radius 1 is 1.53 bits per heavy atom. The van der Waals surface area contributed by atoms with Crippen LogP contribution in [0.5, 0.6) is 5.75 Å². The SMILES string of the molecule is CCC(=O)c1ccc2c(c1)C(C)C(Br)O2. The third-order valence-electron chi connectivity index (χ3n) is 2.78. The van der Waals surface area contributed by atoms with Crippen molar-refractivity contribution in [3.05, 3.63) is 29.3 Å². The maximum atomic E-state index is 11.5. The number of ketones is 1. The topological polar surface area (TPSA) is 26.3 Å². The van der Waals surface area contributed by atoms with Crippen LogP contribution in [0.4, 0.5) is 0 Å². The standard InChI is InChI=1S/C12H13BrO2/c1-3-10(14)8-4-5-11-9(6-8)7(2)12(13)15-11/h4-7,12H,3H2,1-2H3. The molecular formula is C12H13BrO2. The highest BCUT2D eigenvalue weighted by molar-refractivity contribution is 9.09. The summed E-state index contributed by atoms with van der Waals surface area (Å²) in [6.45, 7) is 3.97. The number of benzene rings is 1. The van der Waals surface area contributed by atoms with Crippen LogP contribution in [-0.2, 0) is 0 Å². The predicted molar refractivity (Wildman–Crippen MR) is 62.8 cm³/mol. The zero-order valence-corrected chi connectivity index (χ0v) is 10.4. The second-order valence-corrected chi connectivity index (χ2v) is 4.69. The van der Waals surface area contributed by atoms with Gasteiger partial charge in [0.05, 0.1) is 0 Å². The van der Waals surface area contributed by atoms with Crippen molar-refractivity contribution in [2.24, 2.45) is 0 Å². The highest BCUT2D eigenvalue weighted by Crippen LogP contribution is 2.40. The molecule has 1 aromatic rings. The Hall–Kier alpha value is -0.830. The third kappa shape index (κ3) is 1.81. The van der Waals surface area contributed by atoms with Gasteiger partial charge in [-0.1, -0.05) is 13.8 Å². The van der Waals surface area contributed by atoms with Crippen LogP contribution in [0.3, 0.4) is 0 Å². The average molecular weight is 269 g/mol. The summed E-state index contributed by atoms with van der Waals surface area (Å²) in [7, 11) is 0. The fourth-order valence-corrected chi connectivity index (χ4v) is 2.24. The van der Waals surface area contributed by atoms with Crippen LogP contribution in [0, 0.1) is 0 Å². The van der Waals surface area contributed by atoms with Gasteiger partial charge in [0.2, 0.25) is 0 Å². The molecule has 0 saturated carbocycles. The van der Waals surface area contributed by atoms with Gasteiger partial charge < -0.3 is 4.74 Å². The minimum absolute atomic E-state index is 0.0273. The summed E-state index contributed by atoms with van der Waals surface area (Å²) in [6.07, 6.45) is 0.547. The molecule has 2 rings (SSSR count). The molecule has 0 aliphatic carbocycles. The Morgan fingerprint density at radius 3 is 2.93 bits per heavy atom. The predicted octanol–water partition coefficient (Wildman–Crippen LogP) is 3.50. The molecule has 0 N–H and O–H groups in total. The molecule has 2 unspecified atom stereocenters. The van der Waals surface area contributed by atoms with Crippen molar-refractivity contribution in [1.29, 1.82) is 0 Å². The fraction of sp³-hybridized carbons (Fsp3) is 0.417. The van der Waals surface area contributed by atoms with Gasteiger partial charge >= 0.3 is 0 Å². The van der Waals surface area contributed by atoms with E-state index in [0.29, 0.717) is 12.3 Å². The molecule has 0 aromatic heterocycles. The van der Waals surface area contributed by atoms with E-state index in [9.17, 15) is 4.79 Å². The first-order valence-electron chi connectivity index (χ1n) is 5.11. The van der Waals surface area contributed by atoms with E-state index in [1.165, 1.54) is 0 Å².